The molecule has 0 aromatic heterocycles. The van der Waals surface area contributed by atoms with Crippen LogP contribution in [0, 0.1) is 43.9 Å². The summed E-state index contributed by atoms with van der Waals surface area (Å²) >= 11 is 3.31. The standard InChI is InChI=1S/C24H17BrN2O4/c1-3-7-18(2)8-5-4-6-9-20-16-24(27(30)31)21(17-23(20)26(28)29)13-10-19-11-14-22(25)15-12-19/h3,5,7-8,11-12,14-17H,1,4H2,2H3/b8-5-,18-7-. The third-order valence-corrected chi connectivity index (χ3v) is 4.43. The third-order valence-electron chi connectivity index (χ3n) is 3.90. The summed E-state index contributed by atoms with van der Waals surface area (Å²) in [6.45, 7) is 5.50. The molecule has 0 atom stereocenters. The molecule has 0 aliphatic carbocycles. The summed E-state index contributed by atoms with van der Waals surface area (Å²) < 4.78 is 0.865. The van der Waals surface area contributed by atoms with Crippen LogP contribution in [0.2, 0.25) is 0 Å². The van der Waals surface area contributed by atoms with Gasteiger partial charge >= 0.3 is 0 Å². The highest BCUT2D eigenvalue weighted by atomic mass is 79.9. The Morgan fingerprint density at radius 1 is 1.03 bits per heavy atom. The first-order chi connectivity index (χ1) is 14.8. The molecule has 0 radical (unpaired) electrons. The van der Waals surface area contributed by atoms with E-state index in [-0.39, 0.29) is 22.5 Å². The van der Waals surface area contributed by atoms with Crippen LogP contribution >= 0.6 is 15.9 Å². The Morgan fingerprint density at radius 2 is 1.61 bits per heavy atom. The van der Waals surface area contributed by atoms with Crippen LogP contribution in [0.5, 0.6) is 0 Å². The highest BCUT2D eigenvalue weighted by Crippen LogP contribution is 2.28. The number of rotatable bonds is 5. The number of nitro benzene ring substituents is 2. The lowest BCUT2D eigenvalue weighted by atomic mass is 10.1. The molecule has 0 saturated carbocycles. The number of hydrogen-bond acceptors (Lipinski definition) is 4. The molecular weight excluding hydrogens is 460 g/mol. The Labute approximate surface area is 188 Å². The maximum atomic E-state index is 11.5. The Bertz CT molecular complexity index is 1200. The van der Waals surface area contributed by atoms with Crippen molar-refractivity contribution in [2.24, 2.45) is 0 Å². The van der Waals surface area contributed by atoms with E-state index in [1.54, 1.807) is 36.4 Å². The fraction of sp³-hybridized carbons (Fsp3) is 0.0833. The second-order valence-electron chi connectivity index (χ2n) is 6.21. The maximum absolute atomic E-state index is 11.5. The molecule has 2 aromatic carbocycles. The average molecular weight is 477 g/mol. The van der Waals surface area contributed by atoms with Crippen LogP contribution in [-0.4, -0.2) is 9.85 Å². The van der Waals surface area contributed by atoms with Gasteiger partial charge in [0.25, 0.3) is 11.4 Å². The lowest BCUT2D eigenvalue weighted by Gasteiger charge is -2.00. The summed E-state index contributed by atoms with van der Waals surface area (Å²) in [5.41, 5.74) is 0.862. The Kier molecular flexibility index (Phi) is 8.51. The van der Waals surface area contributed by atoms with E-state index in [9.17, 15) is 20.2 Å². The van der Waals surface area contributed by atoms with E-state index < -0.39 is 9.85 Å². The molecule has 0 N–H and O–H groups in total. The van der Waals surface area contributed by atoms with Crippen LogP contribution in [0.3, 0.4) is 0 Å². The zero-order valence-corrected chi connectivity index (χ0v) is 18.2. The predicted molar refractivity (Wildman–Crippen MR) is 124 cm³/mol. The second kappa shape index (κ2) is 11.3. The highest BCUT2D eigenvalue weighted by molar-refractivity contribution is 9.10. The number of benzene rings is 2. The lowest BCUT2D eigenvalue weighted by molar-refractivity contribution is -0.389. The molecule has 0 heterocycles. The van der Waals surface area contributed by atoms with Crippen molar-refractivity contribution in [2.75, 3.05) is 0 Å². The van der Waals surface area contributed by atoms with Gasteiger partial charge in [0.2, 0.25) is 0 Å². The first kappa shape index (κ1) is 23.3. The van der Waals surface area contributed by atoms with Gasteiger partial charge in [-0.2, -0.15) is 0 Å². The van der Waals surface area contributed by atoms with E-state index in [0.717, 1.165) is 22.2 Å². The minimum Gasteiger partial charge on any atom is -0.258 e. The molecule has 7 heteroatoms. The molecular formula is C24H17BrN2O4. The van der Waals surface area contributed by atoms with Gasteiger partial charge in [-0.25, -0.2) is 0 Å². The van der Waals surface area contributed by atoms with Gasteiger partial charge < -0.3 is 0 Å². The van der Waals surface area contributed by atoms with Crippen molar-refractivity contribution in [3.05, 3.63) is 114 Å². The Morgan fingerprint density at radius 3 is 2.16 bits per heavy atom. The maximum Gasteiger partial charge on any atom is 0.286 e. The second-order valence-corrected chi connectivity index (χ2v) is 7.13. The van der Waals surface area contributed by atoms with Crippen molar-refractivity contribution in [1.82, 2.24) is 0 Å². The fourth-order valence-electron chi connectivity index (χ4n) is 2.44. The Hall–Kier alpha value is -3.94. The van der Waals surface area contributed by atoms with Gasteiger partial charge in [0.05, 0.1) is 9.85 Å². The van der Waals surface area contributed by atoms with E-state index in [4.69, 9.17) is 0 Å². The van der Waals surface area contributed by atoms with Crippen molar-refractivity contribution in [3.63, 3.8) is 0 Å². The largest absolute Gasteiger partial charge is 0.286 e. The van der Waals surface area contributed by atoms with Gasteiger partial charge in [-0.15, -0.1) is 0 Å². The van der Waals surface area contributed by atoms with Crippen LogP contribution in [0.4, 0.5) is 11.4 Å². The molecule has 6 nitrogen and oxygen atoms in total. The van der Waals surface area contributed by atoms with Crippen LogP contribution in [-0.2, 0) is 0 Å². The molecule has 2 rings (SSSR count). The zero-order chi connectivity index (χ0) is 22.8. The van der Waals surface area contributed by atoms with Gasteiger partial charge in [-0.05, 0) is 31.2 Å². The molecule has 2 aromatic rings. The molecule has 0 saturated heterocycles. The van der Waals surface area contributed by atoms with Gasteiger partial charge in [-0.1, -0.05) is 76.1 Å². The summed E-state index contributed by atoms with van der Waals surface area (Å²) in [7, 11) is 0. The predicted octanol–water partition coefficient (Wildman–Crippen LogP) is 6.10. The van der Waals surface area contributed by atoms with E-state index in [0.29, 0.717) is 12.0 Å². The molecule has 0 unspecified atom stereocenters. The number of hydrogen-bond donors (Lipinski definition) is 0. The normalized spacial score (nSPS) is 10.6. The van der Waals surface area contributed by atoms with E-state index in [1.807, 2.05) is 19.1 Å². The fourth-order valence-corrected chi connectivity index (χ4v) is 2.71. The molecule has 31 heavy (non-hydrogen) atoms. The van der Waals surface area contributed by atoms with Gasteiger partial charge in [-0.3, -0.25) is 20.2 Å². The molecule has 0 aliphatic heterocycles. The van der Waals surface area contributed by atoms with Crippen LogP contribution < -0.4 is 0 Å². The number of nitro groups is 2. The monoisotopic (exact) mass is 476 g/mol. The van der Waals surface area contributed by atoms with E-state index >= 15 is 0 Å². The summed E-state index contributed by atoms with van der Waals surface area (Å²) in [5, 5.41) is 23.0. The minimum absolute atomic E-state index is 0.0300. The zero-order valence-electron chi connectivity index (χ0n) is 16.6. The number of halogens is 1. The topological polar surface area (TPSA) is 86.3 Å². The van der Waals surface area contributed by atoms with Gasteiger partial charge in [0.1, 0.15) is 11.1 Å². The van der Waals surface area contributed by atoms with Crippen LogP contribution in [0.1, 0.15) is 30.0 Å². The average Bonchev–Trinajstić information content (AvgIpc) is 2.73. The minimum atomic E-state index is -0.621. The summed E-state index contributed by atoms with van der Waals surface area (Å²) in [6, 6.07) is 9.23. The van der Waals surface area contributed by atoms with Crippen molar-refractivity contribution in [2.45, 2.75) is 13.3 Å². The summed E-state index contributed by atoms with van der Waals surface area (Å²) in [5.74, 6) is 10.9. The molecule has 0 fully saturated rings. The number of nitrogens with zero attached hydrogens (tertiary/aromatic N) is 2. The van der Waals surface area contributed by atoms with Gasteiger partial charge in [0.15, 0.2) is 0 Å². The van der Waals surface area contributed by atoms with Crippen molar-refractivity contribution >= 4 is 27.3 Å². The summed E-state index contributed by atoms with van der Waals surface area (Å²) in [6.07, 6.45) is 7.45. The summed E-state index contributed by atoms with van der Waals surface area (Å²) in [4.78, 5) is 21.8. The van der Waals surface area contributed by atoms with E-state index in [1.165, 1.54) is 0 Å². The smallest absolute Gasteiger partial charge is 0.258 e. The third kappa shape index (κ3) is 7.11. The van der Waals surface area contributed by atoms with Crippen LogP contribution in [0.15, 0.2) is 77.3 Å². The molecule has 154 valence electrons. The number of allylic oxidation sites excluding steroid dienone is 5. The molecule has 0 aliphatic rings. The van der Waals surface area contributed by atoms with Crippen molar-refractivity contribution in [3.8, 4) is 23.7 Å². The molecule has 0 bridgehead atoms. The van der Waals surface area contributed by atoms with Gasteiger partial charge in [0, 0.05) is 28.6 Å². The quantitative estimate of drug-likeness (QED) is 0.226. The first-order valence-electron chi connectivity index (χ1n) is 9.01. The molecule has 0 amide bonds. The molecule has 0 spiro atoms. The highest BCUT2D eigenvalue weighted by Gasteiger charge is 2.22. The Balaban J connectivity index is 2.43. The van der Waals surface area contributed by atoms with E-state index in [2.05, 4.69) is 46.2 Å². The lowest BCUT2D eigenvalue weighted by Crippen LogP contribution is -1.98. The van der Waals surface area contributed by atoms with Crippen molar-refractivity contribution in [1.29, 1.82) is 0 Å². The van der Waals surface area contributed by atoms with Crippen molar-refractivity contribution < 1.29 is 9.85 Å². The first-order valence-corrected chi connectivity index (χ1v) is 9.80. The van der Waals surface area contributed by atoms with Crippen LogP contribution in [0.25, 0.3) is 0 Å². The SMILES string of the molecule is C=C/C=C(C)\C=C/CC#Cc1cc([N+](=O)[O-])c(C#Cc2ccc(Br)cc2)cc1[N+](=O)[O-].